The third-order valence-corrected chi connectivity index (χ3v) is 3.87. The van der Waals surface area contributed by atoms with Gasteiger partial charge in [-0.15, -0.1) is 5.10 Å². The molecule has 0 aliphatic rings. The minimum absolute atomic E-state index is 0.00190. The first-order valence-electron chi connectivity index (χ1n) is 6.76. The third-order valence-electron chi connectivity index (χ3n) is 3.26. The number of hydrogen-bond acceptors (Lipinski definition) is 3. The summed E-state index contributed by atoms with van der Waals surface area (Å²) in [5.74, 6) is -1.10. The fraction of sp³-hybridized carbons (Fsp3) is 0.429. The molecule has 7 heteroatoms. The zero-order valence-corrected chi connectivity index (χ0v) is 13.7. The highest BCUT2D eigenvalue weighted by molar-refractivity contribution is 9.10. The number of hydrogen-bond donors (Lipinski definition) is 1. The number of benzene rings is 1. The van der Waals surface area contributed by atoms with Crippen molar-refractivity contribution < 1.29 is 8.78 Å². The predicted molar refractivity (Wildman–Crippen MR) is 80.4 cm³/mol. The summed E-state index contributed by atoms with van der Waals surface area (Å²) in [6, 6.07) is 2.20. The zero-order valence-electron chi connectivity index (χ0n) is 12.1. The zero-order chi connectivity index (χ0) is 15.6. The molecule has 0 saturated heterocycles. The van der Waals surface area contributed by atoms with E-state index >= 15 is 0 Å². The van der Waals surface area contributed by atoms with Gasteiger partial charge >= 0.3 is 0 Å². The van der Waals surface area contributed by atoms with E-state index in [0.717, 1.165) is 30.8 Å². The lowest BCUT2D eigenvalue weighted by atomic mass is 10.2. The summed E-state index contributed by atoms with van der Waals surface area (Å²) < 4.78 is 29.0. The molecule has 0 bridgehead atoms. The Kier molecular flexibility index (Phi) is 5.05. The number of halogens is 3. The van der Waals surface area contributed by atoms with Gasteiger partial charge in [0.1, 0.15) is 23.0 Å². The molecule has 1 N–H and O–H groups in total. The quantitative estimate of drug-likeness (QED) is 0.829. The van der Waals surface area contributed by atoms with Crippen LogP contribution in [0.4, 0.5) is 8.78 Å². The highest BCUT2D eigenvalue weighted by atomic mass is 79.9. The number of aromatic nitrogens is 3. The average molecular weight is 359 g/mol. The Hall–Kier alpha value is -1.34. The van der Waals surface area contributed by atoms with Gasteiger partial charge in [0.2, 0.25) is 0 Å². The first-order chi connectivity index (χ1) is 9.95. The van der Waals surface area contributed by atoms with E-state index in [0.29, 0.717) is 5.69 Å². The predicted octanol–water partition coefficient (Wildman–Crippen LogP) is 3.68. The topological polar surface area (TPSA) is 42.7 Å². The highest BCUT2D eigenvalue weighted by Gasteiger charge is 2.18. The Labute approximate surface area is 130 Å². The molecule has 0 amide bonds. The molecule has 4 nitrogen and oxygen atoms in total. The van der Waals surface area contributed by atoms with Crippen LogP contribution in [0.3, 0.4) is 0 Å². The van der Waals surface area contributed by atoms with Crippen LogP contribution in [0.1, 0.15) is 37.7 Å². The maximum absolute atomic E-state index is 14.0. The van der Waals surface area contributed by atoms with Gasteiger partial charge in [0, 0.05) is 6.07 Å². The first kappa shape index (κ1) is 16.0. The first-order valence-corrected chi connectivity index (χ1v) is 7.55. The van der Waals surface area contributed by atoms with Crippen molar-refractivity contribution >= 4 is 15.9 Å². The molecule has 2 aromatic rings. The van der Waals surface area contributed by atoms with Gasteiger partial charge in [-0.25, -0.2) is 13.5 Å². The molecule has 0 saturated carbocycles. The van der Waals surface area contributed by atoms with Crippen LogP contribution in [-0.2, 0) is 0 Å². The molecule has 1 aromatic carbocycles. The molecule has 1 aromatic heterocycles. The van der Waals surface area contributed by atoms with Gasteiger partial charge in [-0.05, 0) is 48.8 Å². The summed E-state index contributed by atoms with van der Waals surface area (Å²) in [5.41, 5.74) is 1.47. The Balaban J connectivity index is 2.38. The highest BCUT2D eigenvalue weighted by Crippen LogP contribution is 2.24. The van der Waals surface area contributed by atoms with E-state index in [1.54, 1.807) is 6.92 Å². The van der Waals surface area contributed by atoms with E-state index in [1.165, 1.54) is 4.68 Å². The Morgan fingerprint density at radius 3 is 2.71 bits per heavy atom. The molecule has 114 valence electrons. The van der Waals surface area contributed by atoms with E-state index in [1.807, 2.05) is 6.92 Å². The molecule has 0 spiro atoms. The fourth-order valence-corrected chi connectivity index (χ4v) is 2.42. The second kappa shape index (κ2) is 6.62. The van der Waals surface area contributed by atoms with Crippen LogP contribution < -0.4 is 5.32 Å². The molecule has 0 fully saturated rings. The fourth-order valence-electron chi connectivity index (χ4n) is 2.10. The van der Waals surface area contributed by atoms with Gasteiger partial charge in [0.15, 0.2) is 0 Å². The molecular weight excluding hydrogens is 342 g/mol. The largest absolute Gasteiger partial charge is 0.309 e. The van der Waals surface area contributed by atoms with Gasteiger partial charge in [0.25, 0.3) is 0 Å². The van der Waals surface area contributed by atoms with Crippen LogP contribution in [0.15, 0.2) is 16.6 Å². The van der Waals surface area contributed by atoms with E-state index < -0.39 is 11.6 Å². The summed E-state index contributed by atoms with van der Waals surface area (Å²) in [6.45, 7) is 6.69. The van der Waals surface area contributed by atoms with E-state index in [2.05, 4.69) is 38.5 Å². The Bertz CT molecular complexity index is 642. The normalized spacial score (nSPS) is 12.7. The SMILES string of the molecule is CCCNC(C)c1nnn(-c2cc(F)c(Br)cc2F)c1C. The van der Waals surface area contributed by atoms with Crippen molar-refractivity contribution in [3.05, 3.63) is 39.6 Å². The van der Waals surface area contributed by atoms with E-state index in [9.17, 15) is 8.78 Å². The van der Waals surface area contributed by atoms with E-state index in [4.69, 9.17) is 0 Å². The molecule has 1 unspecified atom stereocenters. The summed E-state index contributed by atoms with van der Waals surface area (Å²) >= 11 is 2.96. The summed E-state index contributed by atoms with van der Waals surface area (Å²) in [4.78, 5) is 0. The minimum Gasteiger partial charge on any atom is -0.309 e. The number of rotatable bonds is 5. The van der Waals surface area contributed by atoms with Crippen LogP contribution in [0.5, 0.6) is 0 Å². The minimum atomic E-state index is -0.558. The molecule has 21 heavy (non-hydrogen) atoms. The lowest BCUT2D eigenvalue weighted by Gasteiger charge is -2.12. The monoisotopic (exact) mass is 358 g/mol. The van der Waals surface area contributed by atoms with Crippen LogP contribution >= 0.6 is 15.9 Å². The van der Waals surface area contributed by atoms with Gasteiger partial charge in [0.05, 0.1) is 16.2 Å². The van der Waals surface area contributed by atoms with Gasteiger partial charge in [-0.3, -0.25) is 0 Å². The van der Waals surface area contributed by atoms with Crippen LogP contribution in [-0.4, -0.2) is 21.5 Å². The van der Waals surface area contributed by atoms with Crippen LogP contribution in [0.25, 0.3) is 5.69 Å². The molecule has 1 heterocycles. The van der Waals surface area contributed by atoms with Crippen LogP contribution in [0, 0.1) is 18.6 Å². The lowest BCUT2D eigenvalue weighted by molar-refractivity contribution is 0.555. The van der Waals surface area contributed by atoms with Gasteiger partial charge in [-0.1, -0.05) is 12.1 Å². The smallest absolute Gasteiger partial charge is 0.150 e. The Morgan fingerprint density at radius 2 is 2.05 bits per heavy atom. The maximum atomic E-state index is 14.0. The second-order valence-corrected chi connectivity index (χ2v) is 5.72. The van der Waals surface area contributed by atoms with Gasteiger partial charge in [-0.2, -0.15) is 0 Å². The van der Waals surface area contributed by atoms with E-state index in [-0.39, 0.29) is 16.2 Å². The maximum Gasteiger partial charge on any atom is 0.150 e. The lowest BCUT2D eigenvalue weighted by Crippen LogP contribution is -2.20. The van der Waals surface area contributed by atoms with Crippen molar-refractivity contribution in [1.29, 1.82) is 0 Å². The number of nitrogens with one attached hydrogen (secondary N) is 1. The summed E-state index contributed by atoms with van der Waals surface area (Å²) in [5, 5.41) is 11.3. The molecule has 0 radical (unpaired) electrons. The second-order valence-electron chi connectivity index (χ2n) is 4.87. The summed E-state index contributed by atoms with van der Waals surface area (Å²) in [6.07, 6.45) is 1.00. The van der Waals surface area contributed by atoms with Crippen molar-refractivity contribution in [3.63, 3.8) is 0 Å². The molecular formula is C14H17BrF2N4. The van der Waals surface area contributed by atoms with Crippen molar-refractivity contribution in [3.8, 4) is 5.69 Å². The van der Waals surface area contributed by atoms with Crippen LogP contribution in [0.2, 0.25) is 0 Å². The van der Waals surface area contributed by atoms with Gasteiger partial charge < -0.3 is 5.32 Å². The van der Waals surface area contributed by atoms with Crippen molar-refractivity contribution in [2.24, 2.45) is 0 Å². The Morgan fingerprint density at radius 1 is 1.33 bits per heavy atom. The standard InChI is InChI=1S/C14H17BrF2N4/c1-4-5-18-8(2)14-9(3)21(20-19-14)13-7-11(16)10(15)6-12(13)17/h6-8,18H,4-5H2,1-3H3. The number of nitrogens with zero attached hydrogens (tertiary/aromatic N) is 3. The molecule has 1 atom stereocenters. The van der Waals surface area contributed by atoms with Crippen molar-refractivity contribution in [2.45, 2.75) is 33.2 Å². The molecule has 0 aliphatic heterocycles. The van der Waals surface area contributed by atoms with Crippen molar-refractivity contribution in [1.82, 2.24) is 20.3 Å². The summed E-state index contributed by atoms with van der Waals surface area (Å²) in [7, 11) is 0. The van der Waals surface area contributed by atoms with Crippen molar-refractivity contribution in [2.75, 3.05) is 6.54 Å². The average Bonchev–Trinajstić information content (AvgIpc) is 2.82. The third kappa shape index (κ3) is 3.29. The molecule has 0 aliphatic carbocycles. The molecule has 2 rings (SSSR count).